The smallest absolute Gasteiger partial charge is 0.407 e. The number of ether oxygens (including phenoxy) is 1. The number of aliphatic hydroxyl groups excluding tert-OH is 1. The summed E-state index contributed by atoms with van der Waals surface area (Å²) in [7, 11) is 1.62. The summed E-state index contributed by atoms with van der Waals surface area (Å²) in [4.78, 5) is 19.8. The maximum atomic E-state index is 11.3. The first-order valence-corrected chi connectivity index (χ1v) is 7.88. The van der Waals surface area contributed by atoms with Crippen LogP contribution in [0.5, 0.6) is 0 Å². The summed E-state index contributed by atoms with van der Waals surface area (Å²) in [5, 5.41) is 18.9. The highest BCUT2D eigenvalue weighted by atomic mass is 16.5. The van der Waals surface area contributed by atoms with Gasteiger partial charge in [0.2, 0.25) is 0 Å². The number of anilines is 1. The van der Waals surface area contributed by atoms with E-state index in [4.69, 9.17) is 9.72 Å². The third-order valence-corrected chi connectivity index (χ3v) is 4.85. The van der Waals surface area contributed by atoms with E-state index in [0.717, 1.165) is 29.1 Å². The molecule has 2 aliphatic heterocycles. The largest absolute Gasteiger partial charge is 0.465 e. The highest BCUT2D eigenvalue weighted by molar-refractivity contribution is 5.67. The average molecular weight is 321 g/mol. The van der Waals surface area contributed by atoms with Crippen LogP contribution in [-0.2, 0) is 17.8 Å². The number of nitrogens with zero attached hydrogens (tertiary/aromatic N) is 3. The van der Waals surface area contributed by atoms with Crippen molar-refractivity contribution in [2.24, 2.45) is 0 Å². The summed E-state index contributed by atoms with van der Waals surface area (Å²) in [6.07, 6.45) is -0.312. The molecule has 2 N–H and O–H groups in total. The normalized spacial score (nSPS) is 24.3. The Bertz CT molecular complexity index is 622. The van der Waals surface area contributed by atoms with Gasteiger partial charge in [0.15, 0.2) is 0 Å². The minimum Gasteiger partial charge on any atom is -0.465 e. The Morgan fingerprint density at radius 3 is 2.87 bits per heavy atom. The van der Waals surface area contributed by atoms with Gasteiger partial charge in [0.1, 0.15) is 5.82 Å². The van der Waals surface area contributed by atoms with Gasteiger partial charge in [-0.2, -0.15) is 0 Å². The number of methoxy groups -OCH3 is 1. The molecule has 0 radical (unpaired) electrons. The quantitative estimate of drug-likeness (QED) is 0.875. The van der Waals surface area contributed by atoms with Gasteiger partial charge in [0.25, 0.3) is 0 Å². The van der Waals surface area contributed by atoms with Gasteiger partial charge in [-0.05, 0) is 31.9 Å². The number of amides is 1. The SMILES string of the molecule is CO[C@@H](C)c1nc2c(cc1CO)C[C@@H]1CN(C(=O)O)C[C@@H](C)N21. The predicted molar refractivity (Wildman–Crippen MR) is 84.6 cm³/mol. The summed E-state index contributed by atoms with van der Waals surface area (Å²) < 4.78 is 5.37. The van der Waals surface area contributed by atoms with E-state index in [1.807, 2.05) is 19.9 Å². The molecule has 1 aromatic heterocycles. The van der Waals surface area contributed by atoms with E-state index >= 15 is 0 Å². The molecule has 1 saturated heterocycles. The van der Waals surface area contributed by atoms with E-state index in [1.165, 1.54) is 4.90 Å². The minimum absolute atomic E-state index is 0.0734. The van der Waals surface area contributed by atoms with Crippen molar-refractivity contribution in [3.8, 4) is 0 Å². The first-order valence-electron chi connectivity index (χ1n) is 7.88. The Kier molecular flexibility index (Phi) is 4.16. The monoisotopic (exact) mass is 321 g/mol. The fourth-order valence-corrected chi connectivity index (χ4v) is 3.71. The third-order valence-electron chi connectivity index (χ3n) is 4.85. The minimum atomic E-state index is -0.870. The van der Waals surface area contributed by atoms with Crippen LogP contribution in [-0.4, -0.2) is 58.5 Å². The van der Waals surface area contributed by atoms with Crippen LogP contribution in [0.2, 0.25) is 0 Å². The molecule has 3 heterocycles. The molecule has 0 aliphatic carbocycles. The van der Waals surface area contributed by atoms with Crippen LogP contribution in [0, 0.1) is 0 Å². The van der Waals surface area contributed by atoms with Crippen molar-refractivity contribution in [2.45, 2.75) is 45.1 Å². The van der Waals surface area contributed by atoms with Gasteiger partial charge in [0, 0.05) is 31.8 Å². The number of carbonyl (C=O) groups is 1. The van der Waals surface area contributed by atoms with Crippen LogP contribution in [0.1, 0.15) is 36.8 Å². The average Bonchev–Trinajstić information content (AvgIpc) is 2.90. The zero-order valence-electron chi connectivity index (χ0n) is 13.7. The molecule has 7 heteroatoms. The number of hydrogen-bond acceptors (Lipinski definition) is 5. The maximum Gasteiger partial charge on any atom is 0.407 e. The molecule has 2 aliphatic rings. The van der Waals surface area contributed by atoms with Crippen molar-refractivity contribution >= 4 is 11.9 Å². The number of hydrogen-bond donors (Lipinski definition) is 2. The van der Waals surface area contributed by atoms with E-state index in [2.05, 4.69) is 4.90 Å². The highest BCUT2D eigenvalue weighted by Crippen LogP contribution is 2.37. The van der Waals surface area contributed by atoms with Gasteiger partial charge in [-0.1, -0.05) is 0 Å². The lowest BCUT2D eigenvalue weighted by Crippen LogP contribution is -2.58. The molecular formula is C16H23N3O4. The molecular weight excluding hydrogens is 298 g/mol. The van der Waals surface area contributed by atoms with Crippen LogP contribution in [0.15, 0.2) is 6.07 Å². The van der Waals surface area contributed by atoms with Gasteiger partial charge in [0.05, 0.1) is 24.4 Å². The second kappa shape index (κ2) is 5.98. The molecule has 0 spiro atoms. The highest BCUT2D eigenvalue weighted by Gasteiger charge is 2.41. The lowest BCUT2D eigenvalue weighted by molar-refractivity contribution is 0.113. The van der Waals surface area contributed by atoms with Crippen molar-refractivity contribution in [3.05, 3.63) is 22.9 Å². The fourth-order valence-electron chi connectivity index (χ4n) is 3.71. The van der Waals surface area contributed by atoms with E-state index in [-0.39, 0.29) is 24.8 Å². The summed E-state index contributed by atoms with van der Waals surface area (Å²) in [5.41, 5.74) is 2.60. The summed E-state index contributed by atoms with van der Waals surface area (Å²) in [6, 6.07) is 2.17. The van der Waals surface area contributed by atoms with Crippen LogP contribution in [0.4, 0.5) is 10.6 Å². The number of rotatable bonds is 3. The van der Waals surface area contributed by atoms with Gasteiger partial charge < -0.3 is 24.7 Å². The first kappa shape index (κ1) is 16.0. The molecule has 0 aromatic carbocycles. The van der Waals surface area contributed by atoms with E-state index in [9.17, 15) is 15.0 Å². The molecule has 3 rings (SSSR count). The standard InChI is InChI=1S/C16H23N3O4/c1-9-6-18(16(21)22)7-13-5-11-4-12(8-20)14(10(2)23-3)17-15(11)19(9)13/h4,9-10,13,20H,5-8H2,1-3H3,(H,21,22)/t9-,10+,13-/m1/s1. The van der Waals surface area contributed by atoms with Crippen molar-refractivity contribution < 1.29 is 19.7 Å². The van der Waals surface area contributed by atoms with Crippen LogP contribution < -0.4 is 4.90 Å². The molecule has 0 saturated carbocycles. The lowest BCUT2D eigenvalue weighted by Gasteiger charge is -2.42. The van der Waals surface area contributed by atoms with E-state index < -0.39 is 6.09 Å². The number of fused-ring (bicyclic) bond motifs is 3. The summed E-state index contributed by atoms with van der Waals surface area (Å²) in [5.74, 6) is 0.906. The zero-order chi connectivity index (χ0) is 16.7. The van der Waals surface area contributed by atoms with Crippen LogP contribution >= 0.6 is 0 Å². The number of carboxylic acid groups (broad SMARTS) is 1. The van der Waals surface area contributed by atoms with Gasteiger partial charge in [-0.3, -0.25) is 0 Å². The fraction of sp³-hybridized carbons (Fsp3) is 0.625. The van der Waals surface area contributed by atoms with Crippen molar-refractivity contribution in [3.63, 3.8) is 0 Å². The molecule has 7 nitrogen and oxygen atoms in total. The third kappa shape index (κ3) is 2.64. The van der Waals surface area contributed by atoms with Gasteiger partial charge >= 0.3 is 6.09 Å². The Labute approximate surface area is 135 Å². The molecule has 126 valence electrons. The number of piperazine rings is 1. The lowest BCUT2D eigenvalue weighted by atomic mass is 10.0. The Morgan fingerprint density at radius 1 is 1.52 bits per heavy atom. The van der Waals surface area contributed by atoms with Crippen molar-refractivity contribution in [1.29, 1.82) is 0 Å². The van der Waals surface area contributed by atoms with Gasteiger partial charge in [-0.15, -0.1) is 0 Å². The Balaban J connectivity index is 1.98. The topological polar surface area (TPSA) is 86.1 Å². The Hall–Kier alpha value is -1.86. The number of pyridine rings is 1. The molecule has 0 unspecified atom stereocenters. The van der Waals surface area contributed by atoms with Crippen molar-refractivity contribution in [1.82, 2.24) is 9.88 Å². The maximum absolute atomic E-state index is 11.3. The van der Waals surface area contributed by atoms with Crippen LogP contribution in [0.3, 0.4) is 0 Å². The second-order valence-electron chi connectivity index (χ2n) is 6.35. The molecule has 0 bridgehead atoms. The van der Waals surface area contributed by atoms with Gasteiger partial charge in [-0.25, -0.2) is 9.78 Å². The molecule has 1 amide bonds. The molecule has 1 fully saturated rings. The molecule has 1 aromatic rings. The predicted octanol–water partition coefficient (Wildman–Crippen LogP) is 1.39. The summed E-state index contributed by atoms with van der Waals surface area (Å²) in [6.45, 7) is 4.82. The van der Waals surface area contributed by atoms with Crippen molar-refractivity contribution in [2.75, 3.05) is 25.1 Å². The van der Waals surface area contributed by atoms with E-state index in [1.54, 1.807) is 7.11 Å². The van der Waals surface area contributed by atoms with Crippen LogP contribution in [0.25, 0.3) is 0 Å². The molecule has 23 heavy (non-hydrogen) atoms. The molecule has 3 atom stereocenters. The zero-order valence-corrected chi connectivity index (χ0v) is 13.7. The summed E-state index contributed by atoms with van der Waals surface area (Å²) >= 11 is 0. The Morgan fingerprint density at radius 2 is 2.26 bits per heavy atom. The second-order valence-corrected chi connectivity index (χ2v) is 6.35. The number of aliphatic hydroxyl groups is 1. The number of aromatic nitrogens is 1. The first-order chi connectivity index (χ1) is 11.0. The van der Waals surface area contributed by atoms with E-state index in [0.29, 0.717) is 13.1 Å².